The first kappa shape index (κ1) is 20.1. The van der Waals surface area contributed by atoms with E-state index in [0.717, 1.165) is 0 Å². The van der Waals surface area contributed by atoms with Gasteiger partial charge in [-0.2, -0.15) is 13.2 Å². The molecule has 3 amide bonds. The summed E-state index contributed by atoms with van der Waals surface area (Å²) in [6.45, 7) is 0. The number of urea groups is 1. The molecule has 0 unspecified atom stereocenters. The van der Waals surface area contributed by atoms with Gasteiger partial charge in [-0.05, 0) is 36.2 Å². The molecule has 0 radical (unpaired) electrons. The molecule has 0 aliphatic carbocycles. The van der Waals surface area contributed by atoms with E-state index in [0.29, 0.717) is 11.3 Å². The first-order chi connectivity index (χ1) is 12.2. The van der Waals surface area contributed by atoms with Crippen molar-refractivity contribution in [3.05, 3.63) is 63.6 Å². The number of alkyl halides is 3. The van der Waals surface area contributed by atoms with Gasteiger partial charge in [-0.25, -0.2) is 4.79 Å². The topological polar surface area (TPSA) is 58.2 Å². The molecule has 0 heterocycles. The summed E-state index contributed by atoms with van der Waals surface area (Å²) in [6, 6.07) is 9.47. The van der Waals surface area contributed by atoms with Gasteiger partial charge >= 0.3 is 12.2 Å². The fourth-order valence-corrected chi connectivity index (χ4v) is 2.65. The Hall–Kier alpha value is -2.25. The number of rotatable bonds is 4. The quantitative estimate of drug-likeness (QED) is 0.711. The Balaban J connectivity index is 1.94. The Morgan fingerprint density at radius 3 is 2.08 bits per heavy atom. The Morgan fingerprint density at radius 2 is 1.54 bits per heavy atom. The van der Waals surface area contributed by atoms with Gasteiger partial charge in [-0.1, -0.05) is 41.4 Å². The predicted octanol–water partition coefficient (Wildman–Crippen LogP) is 5.45. The van der Waals surface area contributed by atoms with Crippen LogP contribution in [0.5, 0.6) is 0 Å². The number of carbonyl (C=O) groups is 2. The van der Waals surface area contributed by atoms with E-state index in [1.165, 1.54) is 36.4 Å². The molecule has 0 spiro atoms. The minimum atomic E-state index is -4.23. The standard InChI is InChI=1S/C17H13Cl2F3N2O2/c18-12-2-1-3-13(19)14(12)15(25)24-16(26)23-11-6-4-10(5-7-11)8-9-17(20,21)22/h1-7H,8-9H2,(H2,23,24,25,26). The third kappa shape index (κ3) is 5.93. The van der Waals surface area contributed by atoms with E-state index in [2.05, 4.69) is 10.6 Å². The molecule has 0 saturated carbocycles. The van der Waals surface area contributed by atoms with Crippen LogP contribution in [0.3, 0.4) is 0 Å². The molecule has 0 atom stereocenters. The highest BCUT2D eigenvalue weighted by Crippen LogP contribution is 2.24. The van der Waals surface area contributed by atoms with Crippen LogP contribution in [0.2, 0.25) is 10.0 Å². The van der Waals surface area contributed by atoms with Crippen LogP contribution >= 0.6 is 23.2 Å². The molecule has 2 N–H and O–H groups in total. The van der Waals surface area contributed by atoms with Gasteiger partial charge in [0.2, 0.25) is 0 Å². The average molecular weight is 405 g/mol. The van der Waals surface area contributed by atoms with E-state index in [9.17, 15) is 22.8 Å². The summed E-state index contributed by atoms with van der Waals surface area (Å²) in [6.07, 6.45) is -5.30. The zero-order valence-electron chi connectivity index (χ0n) is 13.2. The van der Waals surface area contributed by atoms with Crippen molar-refractivity contribution in [3.63, 3.8) is 0 Å². The number of aryl methyl sites for hydroxylation is 1. The van der Waals surface area contributed by atoms with Gasteiger partial charge in [-0.15, -0.1) is 0 Å². The van der Waals surface area contributed by atoms with Crippen LogP contribution in [-0.2, 0) is 6.42 Å². The normalized spacial score (nSPS) is 11.1. The molecule has 0 fully saturated rings. The van der Waals surface area contributed by atoms with Crippen molar-refractivity contribution in [2.75, 3.05) is 5.32 Å². The maximum Gasteiger partial charge on any atom is 0.389 e. The van der Waals surface area contributed by atoms with Crippen LogP contribution < -0.4 is 10.6 Å². The first-order valence-electron chi connectivity index (χ1n) is 7.38. The van der Waals surface area contributed by atoms with Crippen molar-refractivity contribution in [3.8, 4) is 0 Å². The van der Waals surface area contributed by atoms with E-state index in [1.54, 1.807) is 6.07 Å². The first-order valence-corrected chi connectivity index (χ1v) is 8.13. The molecule has 0 aromatic heterocycles. The fraction of sp³-hybridized carbons (Fsp3) is 0.176. The lowest BCUT2D eigenvalue weighted by Crippen LogP contribution is -2.34. The van der Waals surface area contributed by atoms with Crippen LogP contribution in [0.1, 0.15) is 22.3 Å². The van der Waals surface area contributed by atoms with Gasteiger partial charge in [-0.3, -0.25) is 10.1 Å². The second kappa shape index (κ2) is 8.42. The summed E-state index contributed by atoms with van der Waals surface area (Å²) in [7, 11) is 0. The zero-order chi connectivity index (χ0) is 19.3. The molecule has 26 heavy (non-hydrogen) atoms. The number of halogens is 5. The molecule has 0 aliphatic rings. The zero-order valence-corrected chi connectivity index (χ0v) is 14.7. The van der Waals surface area contributed by atoms with Crippen molar-refractivity contribution in [2.24, 2.45) is 0 Å². The second-order valence-electron chi connectivity index (χ2n) is 5.32. The lowest BCUT2D eigenvalue weighted by atomic mass is 10.1. The summed E-state index contributed by atoms with van der Waals surface area (Å²) in [5.74, 6) is -0.778. The third-order valence-electron chi connectivity index (χ3n) is 3.33. The number of hydrogen-bond acceptors (Lipinski definition) is 2. The van der Waals surface area contributed by atoms with Crippen LogP contribution in [-0.4, -0.2) is 18.1 Å². The molecule has 9 heteroatoms. The van der Waals surface area contributed by atoms with Crippen molar-refractivity contribution >= 4 is 40.8 Å². The minimum Gasteiger partial charge on any atom is -0.308 e. The van der Waals surface area contributed by atoms with Crippen LogP contribution in [0, 0.1) is 0 Å². The molecular formula is C17H13Cl2F3N2O2. The Morgan fingerprint density at radius 1 is 0.962 bits per heavy atom. The predicted molar refractivity (Wildman–Crippen MR) is 93.8 cm³/mol. The highest BCUT2D eigenvalue weighted by Gasteiger charge is 2.26. The molecule has 4 nitrogen and oxygen atoms in total. The number of carbonyl (C=O) groups excluding carboxylic acids is 2. The summed E-state index contributed by atoms with van der Waals surface area (Å²) in [4.78, 5) is 24.0. The van der Waals surface area contributed by atoms with Gasteiger partial charge in [0.05, 0.1) is 15.6 Å². The molecule has 0 saturated heterocycles. The summed E-state index contributed by atoms with van der Waals surface area (Å²) in [5, 5.41) is 4.67. The van der Waals surface area contributed by atoms with Gasteiger partial charge in [0.1, 0.15) is 0 Å². The van der Waals surface area contributed by atoms with Gasteiger partial charge in [0.15, 0.2) is 0 Å². The summed E-state index contributed by atoms with van der Waals surface area (Å²) in [5.41, 5.74) is 0.761. The van der Waals surface area contributed by atoms with Crippen molar-refractivity contribution < 1.29 is 22.8 Å². The number of benzene rings is 2. The molecular weight excluding hydrogens is 392 g/mol. The van der Waals surface area contributed by atoms with E-state index >= 15 is 0 Å². The smallest absolute Gasteiger partial charge is 0.308 e. The number of nitrogens with one attached hydrogen (secondary N) is 2. The van der Waals surface area contributed by atoms with Crippen LogP contribution in [0.15, 0.2) is 42.5 Å². The van der Waals surface area contributed by atoms with Crippen molar-refractivity contribution in [1.82, 2.24) is 5.32 Å². The maximum absolute atomic E-state index is 12.2. The van der Waals surface area contributed by atoms with E-state index in [4.69, 9.17) is 23.2 Å². The summed E-state index contributed by atoms with van der Waals surface area (Å²) < 4.78 is 36.6. The number of imide groups is 1. The second-order valence-corrected chi connectivity index (χ2v) is 6.13. The molecule has 0 aliphatic heterocycles. The van der Waals surface area contributed by atoms with Crippen LogP contribution in [0.4, 0.5) is 23.7 Å². The lowest BCUT2D eigenvalue weighted by molar-refractivity contribution is -0.134. The van der Waals surface area contributed by atoms with E-state index in [-0.39, 0.29) is 22.0 Å². The summed E-state index contributed by atoms with van der Waals surface area (Å²) >= 11 is 11.8. The Bertz CT molecular complexity index is 788. The highest BCUT2D eigenvalue weighted by molar-refractivity contribution is 6.40. The number of hydrogen-bond donors (Lipinski definition) is 2. The highest BCUT2D eigenvalue weighted by atomic mass is 35.5. The fourth-order valence-electron chi connectivity index (χ4n) is 2.08. The van der Waals surface area contributed by atoms with E-state index in [1.807, 2.05) is 0 Å². The van der Waals surface area contributed by atoms with Crippen molar-refractivity contribution in [1.29, 1.82) is 0 Å². The van der Waals surface area contributed by atoms with Gasteiger partial charge < -0.3 is 5.32 Å². The number of amides is 3. The Kier molecular flexibility index (Phi) is 6.50. The lowest BCUT2D eigenvalue weighted by Gasteiger charge is -2.10. The number of anilines is 1. The molecule has 2 aromatic rings. The molecule has 0 bridgehead atoms. The average Bonchev–Trinajstić information content (AvgIpc) is 2.53. The monoisotopic (exact) mass is 404 g/mol. The SMILES string of the molecule is O=C(NC(=O)c1c(Cl)cccc1Cl)Nc1ccc(CCC(F)(F)F)cc1. The Labute approximate surface area is 157 Å². The molecule has 2 aromatic carbocycles. The van der Waals surface area contributed by atoms with E-state index < -0.39 is 24.5 Å². The minimum absolute atomic E-state index is 0.0338. The maximum atomic E-state index is 12.2. The molecule has 138 valence electrons. The van der Waals surface area contributed by atoms with Gasteiger partial charge in [0.25, 0.3) is 5.91 Å². The van der Waals surface area contributed by atoms with Crippen molar-refractivity contribution in [2.45, 2.75) is 19.0 Å². The van der Waals surface area contributed by atoms with Gasteiger partial charge in [0, 0.05) is 12.1 Å². The molecule has 2 rings (SSSR count). The largest absolute Gasteiger partial charge is 0.389 e. The third-order valence-corrected chi connectivity index (χ3v) is 3.96. The van der Waals surface area contributed by atoms with Crippen LogP contribution in [0.25, 0.3) is 0 Å².